The number of halogens is 2. The second kappa shape index (κ2) is 15.6. The summed E-state index contributed by atoms with van der Waals surface area (Å²) in [4.78, 5) is 19.7. The van der Waals surface area contributed by atoms with E-state index in [4.69, 9.17) is 24.8 Å². The standard InChI is InChI=1S/C4H7N2O3.2ClH.Na.Pd/c5-1-3(7)6-2-4(8)9;;;;/h5H,1-2H2,(H2,6,7,8,9);2*1H;;/q-1;;;+1;+2/p-4. The number of amides is 1. The van der Waals surface area contributed by atoms with Gasteiger partial charge < -0.3 is 25.7 Å². The molecular weight excluding hydrogens is 324 g/mol. The van der Waals surface area contributed by atoms with Gasteiger partial charge in [-0.1, -0.05) is 6.54 Å². The predicted octanol–water partition coefficient (Wildman–Crippen LogP) is -2.93. The number of carbonyl (C=O) groups excluding carboxylic acids is 2. The Hall–Kier alpha value is 1.14. The van der Waals surface area contributed by atoms with E-state index in [1.54, 1.807) is 0 Å². The maximum absolute atomic E-state index is 10.1. The summed E-state index contributed by atoms with van der Waals surface area (Å²) in [6.45, 7) is -1.15. The number of hydrogen-bond acceptors (Lipinski definition) is 3. The molecule has 0 saturated heterocycles. The summed E-state index contributed by atoms with van der Waals surface area (Å²) in [5.74, 6) is -2.14. The number of hydrogen-bond donors (Lipinski definition) is 0. The zero-order valence-corrected chi connectivity index (χ0v) is 11.7. The van der Waals surface area contributed by atoms with Crippen molar-refractivity contribution in [3.8, 4) is 0 Å². The van der Waals surface area contributed by atoms with Crippen LogP contribution in [-0.4, -0.2) is 25.0 Å². The Kier molecular flexibility index (Phi) is 23.6. The number of nitrogens with zero attached hydrogens (tertiary/aromatic N) is 1. The van der Waals surface area contributed by atoms with E-state index in [0.29, 0.717) is 0 Å². The van der Waals surface area contributed by atoms with Gasteiger partial charge in [-0.2, -0.15) is 0 Å². The van der Waals surface area contributed by atoms with E-state index in [9.17, 15) is 14.7 Å². The molecule has 0 radical (unpaired) electrons. The number of carboxylic acids is 1. The van der Waals surface area contributed by atoms with E-state index >= 15 is 0 Å². The van der Waals surface area contributed by atoms with Crippen molar-refractivity contribution in [1.82, 2.24) is 0 Å². The Bertz CT molecular complexity index is 151. The second-order valence-electron chi connectivity index (χ2n) is 1.30. The third-order valence-electron chi connectivity index (χ3n) is 0.536. The van der Waals surface area contributed by atoms with Crippen molar-refractivity contribution in [1.29, 1.82) is 0 Å². The molecule has 0 fully saturated rings. The fourth-order valence-corrected chi connectivity index (χ4v) is 0.209. The predicted molar refractivity (Wildman–Crippen MR) is 39.1 cm³/mol. The first-order valence-corrected chi connectivity index (χ1v) is 6.46. The fraction of sp³-hybridized carbons (Fsp3) is 0.500. The Morgan fingerprint density at radius 1 is 1.46 bits per heavy atom. The fourth-order valence-electron chi connectivity index (χ4n) is 0.209. The minimum Gasteiger partial charge on any atom is -0.673 e. The van der Waals surface area contributed by atoms with Crippen LogP contribution in [0.15, 0.2) is 0 Å². The van der Waals surface area contributed by atoms with Crippen LogP contribution < -0.4 is 34.7 Å². The van der Waals surface area contributed by atoms with Gasteiger partial charge in [-0.05, 0) is 0 Å². The Labute approximate surface area is 114 Å². The number of nitrogens with one attached hydrogen (secondary N) is 1. The van der Waals surface area contributed by atoms with Crippen molar-refractivity contribution in [2.75, 3.05) is 13.1 Å². The average Bonchev–Trinajstić information content (AvgIpc) is 2.01. The smallest absolute Gasteiger partial charge is 0.673 e. The van der Waals surface area contributed by atoms with Crippen molar-refractivity contribution in [3.05, 3.63) is 11.1 Å². The molecule has 1 N–H and O–H groups in total. The quantitative estimate of drug-likeness (QED) is 0.519. The molecule has 0 spiro atoms. The van der Waals surface area contributed by atoms with Crippen LogP contribution in [0, 0.1) is 0 Å². The topological polar surface area (TPSA) is 95.1 Å². The molecule has 9 heteroatoms. The minimum atomic E-state index is -1.41. The number of aliphatic carboxylic acids is 1. The number of rotatable bonds is 3. The van der Waals surface area contributed by atoms with Gasteiger partial charge in [0.25, 0.3) is 0 Å². The van der Waals surface area contributed by atoms with Crippen LogP contribution in [0.5, 0.6) is 0 Å². The molecule has 0 aliphatic rings. The van der Waals surface area contributed by atoms with Crippen LogP contribution in [0.2, 0.25) is 0 Å². The Morgan fingerprint density at radius 2 is 1.85 bits per heavy atom. The minimum absolute atomic E-state index is 0. The van der Waals surface area contributed by atoms with E-state index in [0.717, 1.165) is 0 Å². The third kappa shape index (κ3) is 24.6. The first-order valence-electron chi connectivity index (χ1n) is 2.45. The van der Waals surface area contributed by atoms with E-state index < -0.39 is 25.0 Å². The SMILES string of the molecule is [Cl][Pd][Cl].[NH-]CC(=O)[N-]CC(=O)[O-].[Na+]. The summed E-state index contributed by atoms with van der Waals surface area (Å²) in [6.07, 6.45) is 0. The van der Waals surface area contributed by atoms with Gasteiger partial charge in [0, 0.05) is 11.9 Å². The van der Waals surface area contributed by atoms with Gasteiger partial charge in [-0.25, -0.2) is 0 Å². The average molecular weight is 329 g/mol. The molecule has 76 valence electrons. The molecule has 0 bridgehead atoms. The van der Waals surface area contributed by atoms with Crippen LogP contribution in [0.4, 0.5) is 0 Å². The maximum atomic E-state index is 10.1. The molecule has 0 saturated carbocycles. The number of carbonyl (C=O) groups is 2. The summed E-state index contributed by atoms with van der Waals surface area (Å²) in [7, 11) is 9.63. The molecule has 1 amide bonds. The van der Waals surface area contributed by atoms with Gasteiger partial charge in [0.1, 0.15) is 0 Å². The summed E-state index contributed by atoms with van der Waals surface area (Å²) in [5.41, 5.74) is 6.40. The first kappa shape index (κ1) is 19.7. The van der Waals surface area contributed by atoms with Crippen molar-refractivity contribution < 1.29 is 60.2 Å². The van der Waals surface area contributed by atoms with E-state index in [1.807, 2.05) is 0 Å². The van der Waals surface area contributed by atoms with Gasteiger partial charge in [-0.15, -0.1) is 6.54 Å². The molecule has 0 atom stereocenters. The maximum Gasteiger partial charge on any atom is 1.00 e. The van der Waals surface area contributed by atoms with Gasteiger partial charge in [0.15, 0.2) is 0 Å². The van der Waals surface area contributed by atoms with Crippen molar-refractivity contribution in [2.24, 2.45) is 0 Å². The molecular formula is C4H5Cl2N2NaO3Pd-2. The molecule has 0 unspecified atom stereocenters. The van der Waals surface area contributed by atoms with E-state index in [2.05, 4.69) is 5.32 Å². The summed E-state index contributed by atoms with van der Waals surface area (Å²) in [5, 5.41) is 12.6. The van der Waals surface area contributed by atoms with Crippen LogP contribution in [0.3, 0.4) is 0 Å². The summed E-state index contributed by atoms with van der Waals surface area (Å²) in [6, 6.07) is 0. The van der Waals surface area contributed by atoms with Crippen molar-refractivity contribution in [3.63, 3.8) is 0 Å². The third-order valence-corrected chi connectivity index (χ3v) is 0.536. The Morgan fingerprint density at radius 3 is 2.08 bits per heavy atom. The molecule has 0 aromatic heterocycles. The molecule has 0 rings (SSSR count). The van der Waals surface area contributed by atoms with Gasteiger partial charge in [0.05, 0.1) is 0 Å². The summed E-state index contributed by atoms with van der Waals surface area (Å²) >= 11 is -0.106. The Balaban J connectivity index is -0.000000220. The largest absolute Gasteiger partial charge is 1.00 e. The second-order valence-corrected chi connectivity index (χ2v) is 3.66. The van der Waals surface area contributed by atoms with Crippen LogP contribution in [0.25, 0.3) is 11.1 Å². The van der Waals surface area contributed by atoms with E-state index in [1.165, 1.54) is 0 Å². The van der Waals surface area contributed by atoms with E-state index in [-0.39, 0.29) is 45.5 Å². The van der Waals surface area contributed by atoms with Gasteiger partial charge in [0.2, 0.25) is 0 Å². The normalized spacial score (nSPS) is 7.62. The molecule has 5 nitrogen and oxygen atoms in total. The van der Waals surface area contributed by atoms with Gasteiger partial charge in [-0.3, -0.25) is 0 Å². The van der Waals surface area contributed by atoms with Crippen molar-refractivity contribution in [2.45, 2.75) is 0 Å². The molecule has 0 aliphatic carbocycles. The zero-order chi connectivity index (χ0) is 9.98. The monoisotopic (exact) mass is 328 g/mol. The molecule has 0 heterocycles. The van der Waals surface area contributed by atoms with Crippen molar-refractivity contribution >= 4 is 30.9 Å². The van der Waals surface area contributed by atoms with Crippen LogP contribution >= 0.6 is 19.1 Å². The van der Waals surface area contributed by atoms with Gasteiger partial charge >= 0.3 is 64.6 Å². The first-order chi connectivity index (χ1) is 5.58. The zero-order valence-electron chi connectivity index (χ0n) is 6.66. The molecule has 0 aliphatic heterocycles. The molecule has 13 heavy (non-hydrogen) atoms. The van der Waals surface area contributed by atoms with Crippen LogP contribution in [-0.2, 0) is 25.5 Å². The summed E-state index contributed by atoms with van der Waals surface area (Å²) < 4.78 is 0. The molecule has 0 aromatic carbocycles. The molecule has 0 aromatic rings. The number of carboxylic acid groups (broad SMARTS) is 1. The van der Waals surface area contributed by atoms with Crippen LogP contribution in [0.1, 0.15) is 0 Å².